The number of benzene rings is 3. The quantitative estimate of drug-likeness (QED) is 0.149. The molecular weight excluding hydrogens is 713 g/mol. The van der Waals surface area contributed by atoms with E-state index in [9.17, 15) is 29.1 Å². The first-order chi connectivity index (χ1) is 25.7. The maximum atomic E-state index is 14.2. The van der Waals surface area contributed by atoms with Gasteiger partial charge in [-0.1, -0.05) is 78.9 Å². The van der Waals surface area contributed by atoms with E-state index in [4.69, 9.17) is 4.74 Å². The standard InChI is InChI=1S/C40H38N4O7S2/c45-36-24-51-29-16-12-26(13-17-29)21-35(40(49)50)44-39(48)34(23-31-9-5-19-53-31)43-37(46)32(42-38(47)33(41-36)22-30-8-4-18-52-30)20-25-10-14-28(15-11-25)27-6-2-1-3-7-27/h1-19,32-35H,20-24H2,(H,41,45)(H,42,47)(H,43,46)(H,44,48)(H,49,50)/t32-,33+,34+,35-/m0/s1. The van der Waals surface area contributed by atoms with Crippen molar-refractivity contribution in [1.29, 1.82) is 0 Å². The second-order valence-corrected chi connectivity index (χ2v) is 14.7. The van der Waals surface area contributed by atoms with Crippen LogP contribution >= 0.6 is 22.7 Å². The fraction of sp³-hybridized carbons (Fsp3) is 0.225. The molecule has 5 N–H and O–H groups in total. The summed E-state index contributed by atoms with van der Waals surface area (Å²) in [5.74, 6) is -3.35. The van der Waals surface area contributed by atoms with Crippen molar-refractivity contribution in [3.05, 3.63) is 135 Å². The maximum absolute atomic E-state index is 14.2. The summed E-state index contributed by atoms with van der Waals surface area (Å²) >= 11 is 2.83. The predicted octanol–water partition coefficient (Wildman–Crippen LogP) is 4.16. The molecule has 13 heteroatoms. The molecule has 2 aliphatic rings. The van der Waals surface area contributed by atoms with E-state index in [1.54, 1.807) is 24.3 Å². The molecular formula is C40H38N4O7S2. The zero-order valence-electron chi connectivity index (χ0n) is 28.5. The predicted molar refractivity (Wildman–Crippen MR) is 203 cm³/mol. The number of rotatable bonds is 8. The van der Waals surface area contributed by atoms with Crippen LogP contribution in [0.3, 0.4) is 0 Å². The van der Waals surface area contributed by atoms with E-state index in [0.29, 0.717) is 11.3 Å². The second-order valence-electron chi connectivity index (χ2n) is 12.6. The van der Waals surface area contributed by atoms with Gasteiger partial charge in [0.15, 0.2) is 6.61 Å². The van der Waals surface area contributed by atoms with E-state index >= 15 is 0 Å². The minimum Gasteiger partial charge on any atom is -0.484 e. The molecule has 0 radical (unpaired) electrons. The molecule has 0 saturated heterocycles. The number of hydrogen-bond acceptors (Lipinski definition) is 8. The monoisotopic (exact) mass is 750 g/mol. The summed E-state index contributed by atoms with van der Waals surface area (Å²) in [6.07, 6.45) is 0.291. The van der Waals surface area contributed by atoms with E-state index in [1.807, 2.05) is 89.6 Å². The number of carbonyl (C=O) groups excluding carboxylic acids is 4. The smallest absolute Gasteiger partial charge is 0.326 e. The Balaban J connectivity index is 1.33. The zero-order chi connectivity index (χ0) is 37.2. The van der Waals surface area contributed by atoms with Crippen molar-refractivity contribution in [2.75, 3.05) is 6.61 Å². The fourth-order valence-corrected chi connectivity index (χ4v) is 7.45. The van der Waals surface area contributed by atoms with Gasteiger partial charge in [0, 0.05) is 35.4 Å². The Morgan fingerprint density at radius 3 is 1.74 bits per heavy atom. The van der Waals surface area contributed by atoms with Crippen LogP contribution in [-0.4, -0.2) is 65.5 Å². The molecule has 3 aromatic carbocycles. The molecule has 7 rings (SSSR count). The number of carbonyl (C=O) groups is 5. The number of carboxylic acid groups (broad SMARTS) is 1. The molecule has 0 fully saturated rings. The highest BCUT2D eigenvalue weighted by Gasteiger charge is 2.32. The number of amides is 4. The number of hydrogen-bond donors (Lipinski definition) is 5. The second kappa shape index (κ2) is 17.6. The number of thiophene rings is 2. The normalized spacial score (nSPS) is 20.1. The third-order valence-corrected chi connectivity index (χ3v) is 10.5. The largest absolute Gasteiger partial charge is 0.484 e. The first kappa shape index (κ1) is 37.0. The lowest BCUT2D eigenvalue weighted by atomic mass is 9.99. The van der Waals surface area contributed by atoms with E-state index < -0.39 is 53.8 Å². The van der Waals surface area contributed by atoms with Gasteiger partial charge < -0.3 is 31.1 Å². The van der Waals surface area contributed by atoms with Crippen LogP contribution in [0, 0.1) is 0 Å². The van der Waals surface area contributed by atoms with Crippen molar-refractivity contribution in [2.45, 2.75) is 49.9 Å². The van der Waals surface area contributed by atoms with Gasteiger partial charge in [-0.25, -0.2) is 4.79 Å². The Morgan fingerprint density at radius 2 is 1.17 bits per heavy atom. The lowest BCUT2D eigenvalue weighted by molar-refractivity contribution is -0.142. The third kappa shape index (κ3) is 10.4. The number of fused-ring (bicyclic) bond motifs is 16. The van der Waals surface area contributed by atoms with Crippen molar-refractivity contribution in [3.63, 3.8) is 0 Å². The first-order valence-electron chi connectivity index (χ1n) is 17.0. The number of aliphatic carboxylic acids is 1. The van der Waals surface area contributed by atoms with Crippen molar-refractivity contribution < 1.29 is 33.8 Å². The lowest BCUT2D eigenvalue weighted by Gasteiger charge is -2.26. The van der Waals surface area contributed by atoms with Gasteiger partial charge in [-0.2, -0.15) is 0 Å². The van der Waals surface area contributed by atoms with Gasteiger partial charge in [0.2, 0.25) is 17.7 Å². The Kier molecular flexibility index (Phi) is 12.3. The molecule has 0 unspecified atom stereocenters. The molecule has 4 heterocycles. The van der Waals surface area contributed by atoms with Gasteiger partial charge in [-0.3, -0.25) is 19.2 Å². The van der Waals surface area contributed by atoms with Crippen LogP contribution in [0.2, 0.25) is 0 Å². The molecule has 0 aliphatic carbocycles. The van der Waals surface area contributed by atoms with Crippen LogP contribution in [0.15, 0.2) is 114 Å². The van der Waals surface area contributed by atoms with Gasteiger partial charge in [0.25, 0.3) is 5.91 Å². The molecule has 2 aromatic heterocycles. The highest BCUT2D eigenvalue weighted by molar-refractivity contribution is 7.10. The Bertz CT molecular complexity index is 2000. The first-order valence-corrected chi connectivity index (χ1v) is 18.8. The molecule has 0 spiro atoms. The molecule has 272 valence electrons. The lowest BCUT2D eigenvalue weighted by Crippen LogP contribution is -2.59. The summed E-state index contributed by atoms with van der Waals surface area (Å²) in [4.78, 5) is 69.2. The van der Waals surface area contributed by atoms with Crippen LogP contribution < -0.4 is 26.0 Å². The third-order valence-electron chi connectivity index (χ3n) is 8.74. The van der Waals surface area contributed by atoms with Crippen molar-refractivity contribution in [1.82, 2.24) is 21.3 Å². The number of carboxylic acids is 1. The molecule has 11 nitrogen and oxygen atoms in total. The number of ether oxygens (including phenoxy) is 1. The van der Waals surface area contributed by atoms with Gasteiger partial charge in [0.05, 0.1) is 0 Å². The minimum atomic E-state index is -1.30. The van der Waals surface area contributed by atoms with E-state index in [1.165, 1.54) is 22.7 Å². The molecule has 5 aromatic rings. The number of nitrogens with one attached hydrogen (secondary N) is 4. The highest BCUT2D eigenvalue weighted by Crippen LogP contribution is 2.21. The van der Waals surface area contributed by atoms with Crippen molar-refractivity contribution in [2.24, 2.45) is 0 Å². The fourth-order valence-electron chi connectivity index (χ4n) is 5.95. The van der Waals surface area contributed by atoms with Crippen molar-refractivity contribution in [3.8, 4) is 16.9 Å². The molecule has 0 saturated carbocycles. The molecule has 4 atom stereocenters. The van der Waals surface area contributed by atoms with Crippen LogP contribution in [0.25, 0.3) is 11.1 Å². The maximum Gasteiger partial charge on any atom is 0.326 e. The molecule has 53 heavy (non-hydrogen) atoms. The summed E-state index contributed by atoms with van der Waals surface area (Å²) in [5.41, 5.74) is 3.34. The highest BCUT2D eigenvalue weighted by atomic mass is 32.1. The van der Waals surface area contributed by atoms with Gasteiger partial charge >= 0.3 is 5.97 Å². The van der Waals surface area contributed by atoms with Gasteiger partial charge in [-0.15, -0.1) is 22.7 Å². The molecule has 2 bridgehead atoms. The average Bonchev–Trinajstić information content (AvgIpc) is 3.88. The average molecular weight is 751 g/mol. The van der Waals surface area contributed by atoms with Gasteiger partial charge in [0.1, 0.15) is 29.9 Å². The van der Waals surface area contributed by atoms with Crippen LogP contribution in [0.4, 0.5) is 0 Å². The van der Waals surface area contributed by atoms with E-state index in [0.717, 1.165) is 26.4 Å². The SMILES string of the molecule is O=C1COc2ccc(cc2)C[C@@H](C(=O)O)NC(=O)[C@@H](Cc2cccs2)NC(=O)[C@H](Cc2ccc(-c3ccccc3)cc2)NC(=O)[C@@H](Cc2cccs2)N1. The summed E-state index contributed by atoms with van der Waals surface area (Å²) in [7, 11) is 0. The topological polar surface area (TPSA) is 163 Å². The Hall–Kier alpha value is -5.79. The van der Waals surface area contributed by atoms with Crippen LogP contribution in [-0.2, 0) is 49.7 Å². The Morgan fingerprint density at radius 1 is 0.623 bits per heavy atom. The minimum absolute atomic E-state index is 0.0381. The summed E-state index contributed by atoms with van der Waals surface area (Å²) in [5, 5.41) is 24.8. The summed E-state index contributed by atoms with van der Waals surface area (Å²) in [6.45, 7) is -0.385. The van der Waals surface area contributed by atoms with Crippen LogP contribution in [0.5, 0.6) is 5.75 Å². The Labute approximate surface area is 314 Å². The molecule has 2 aliphatic heterocycles. The summed E-state index contributed by atoms with van der Waals surface area (Å²) in [6, 6.07) is 26.6. The van der Waals surface area contributed by atoms with Gasteiger partial charge in [-0.05, 0) is 57.3 Å². The van der Waals surface area contributed by atoms with E-state index in [-0.39, 0.29) is 32.3 Å². The zero-order valence-corrected chi connectivity index (χ0v) is 30.2. The van der Waals surface area contributed by atoms with Crippen molar-refractivity contribution >= 4 is 52.3 Å². The molecule has 4 amide bonds. The summed E-state index contributed by atoms with van der Waals surface area (Å²) < 4.78 is 5.68. The van der Waals surface area contributed by atoms with Crippen LogP contribution in [0.1, 0.15) is 20.9 Å². The van der Waals surface area contributed by atoms with E-state index in [2.05, 4.69) is 21.3 Å².